The average molecular weight is 234 g/mol. The summed E-state index contributed by atoms with van der Waals surface area (Å²) in [6.45, 7) is 2.59. The zero-order valence-electron chi connectivity index (χ0n) is 9.63. The van der Waals surface area contributed by atoms with E-state index < -0.39 is 0 Å². The number of fused-ring (bicyclic) bond motifs is 1. The van der Waals surface area contributed by atoms with E-state index in [1.807, 2.05) is 0 Å². The van der Waals surface area contributed by atoms with Gasteiger partial charge in [-0.25, -0.2) is 9.36 Å². The number of hydrogen-bond acceptors (Lipinski definition) is 5. The Morgan fingerprint density at radius 2 is 2.47 bits per heavy atom. The Kier molecular flexibility index (Phi) is 2.40. The first-order valence-electron chi connectivity index (χ1n) is 5.72. The van der Waals surface area contributed by atoms with Crippen LogP contribution in [0.4, 0.5) is 0 Å². The van der Waals surface area contributed by atoms with Crippen LogP contribution in [0.2, 0.25) is 0 Å². The number of aryl methyl sites for hydroxylation is 1. The summed E-state index contributed by atoms with van der Waals surface area (Å²) >= 11 is 0. The Morgan fingerprint density at radius 1 is 1.59 bits per heavy atom. The van der Waals surface area contributed by atoms with Gasteiger partial charge in [0.05, 0.1) is 12.7 Å². The van der Waals surface area contributed by atoms with E-state index in [0.717, 1.165) is 19.5 Å². The Labute approximate surface area is 97.4 Å². The summed E-state index contributed by atoms with van der Waals surface area (Å²) in [6, 6.07) is 0. The van der Waals surface area contributed by atoms with Crippen LogP contribution >= 0.6 is 0 Å². The van der Waals surface area contributed by atoms with Crippen molar-refractivity contribution in [3.05, 3.63) is 16.6 Å². The molecule has 0 bridgehead atoms. The second-order valence-electron chi connectivity index (χ2n) is 4.44. The van der Waals surface area contributed by atoms with E-state index in [9.17, 15) is 4.79 Å². The normalized spacial score (nSPS) is 20.2. The van der Waals surface area contributed by atoms with E-state index in [1.165, 1.54) is 4.68 Å². The minimum Gasteiger partial charge on any atom is -0.316 e. The van der Waals surface area contributed by atoms with Crippen molar-refractivity contribution in [2.45, 2.75) is 13.0 Å². The molecule has 90 valence electrons. The van der Waals surface area contributed by atoms with Gasteiger partial charge in [0.2, 0.25) is 0 Å². The smallest absolute Gasteiger partial charge is 0.280 e. The molecule has 0 radical (unpaired) electrons. The third-order valence-corrected chi connectivity index (χ3v) is 3.21. The molecule has 0 aliphatic carbocycles. The van der Waals surface area contributed by atoms with E-state index in [2.05, 4.69) is 20.7 Å². The standard InChI is InChI=1S/C10H14N6O/c1-15-9-8(5-12-15)10(17)16(14-13-9)6-7-2-3-11-4-7/h5,7,11H,2-4,6H2,1H3. The van der Waals surface area contributed by atoms with Crippen LogP contribution in [0.3, 0.4) is 0 Å². The molecule has 2 aromatic rings. The molecule has 1 unspecified atom stereocenters. The first kappa shape index (κ1) is 10.4. The minimum absolute atomic E-state index is 0.102. The maximum Gasteiger partial charge on any atom is 0.280 e. The number of aromatic nitrogens is 5. The highest BCUT2D eigenvalue weighted by molar-refractivity contribution is 5.72. The van der Waals surface area contributed by atoms with Crippen molar-refractivity contribution in [2.75, 3.05) is 13.1 Å². The molecule has 0 amide bonds. The molecule has 0 spiro atoms. The number of rotatable bonds is 2. The van der Waals surface area contributed by atoms with Gasteiger partial charge >= 0.3 is 0 Å². The lowest BCUT2D eigenvalue weighted by atomic mass is 10.1. The Hall–Kier alpha value is -1.76. The maximum atomic E-state index is 12.1. The van der Waals surface area contributed by atoms with Gasteiger partial charge in [-0.2, -0.15) is 5.10 Å². The molecule has 1 saturated heterocycles. The summed E-state index contributed by atoms with van der Waals surface area (Å²) in [5.41, 5.74) is 0.436. The van der Waals surface area contributed by atoms with Gasteiger partial charge < -0.3 is 5.32 Å². The lowest BCUT2D eigenvalue weighted by Crippen LogP contribution is -2.28. The molecular weight excluding hydrogens is 220 g/mol. The van der Waals surface area contributed by atoms with Crippen molar-refractivity contribution in [3.63, 3.8) is 0 Å². The molecule has 1 aliphatic rings. The Morgan fingerprint density at radius 3 is 3.24 bits per heavy atom. The summed E-state index contributed by atoms with van der Waals surface area (Å²) in [6.07, 6.45) is 2.63. The van der Waals surface area contributed by atoms with Gasteiger partial charge in [-0.15, -0.1) is 5.10 Å². The highest BCUT2D eigenvalue weighted by atomic mass is 16.1. The maximum absolute atomic E-state index is 12.1. The molecule has 0 aromatic carbocycles. The SMILES string of the molecule is Cn1ncc2c(=O)n(CC3CCNC3)nnc21. The highest BCUT2D eigenvalue weighted by Crippen LogP contribution is 2.09. The van der Waals surface area contributed by atoms with Gasteiger partial charge in [0.1, 0.15) is 5.39 Å². The quantitative estimate of drug-likeness (QED) is 0.731. The number of nitrogens with one attached hydrogen (secondary N) is 1. The van der Waals surface area contributed by atoms with Gasteiger partial charge in [0.25, 0.3) is 5.56 Å². The average Bonchev–Trinajstić information content (AvgIpc) is 2.93. The third-order valence-electron chi connectivity index (χ3n) is 3.21. The van der Waals surface area contributed by atoms with Crippen LogP contribution in [0, 0.1) is 5.92 Å². The van der Waals surface area contributed by atoms with Crippen LogP contribution in [-0.2, 0) is 13.6 Å². The fourth-order valence-corrected chi connectivity index (χ4v) is 2.21. The predicted octanol–water partition coefficient (Wildman–Crippen LogP) is -0.865. The van der Waals surface area contributed by atoms with Crippen LogP contribution in [0.1, 0.15) is 6.42 Å². The predicted molar refractivity (Wildman–Crippen MR) is 61.5 cm³/mol. The zero-order chi connectivity index (χ0) is 11.8. The summed E-state index contributed by atoms with van der Waals surface area (Å²) in [5, 5.41) is 15.8. The fraction of sp³-hybridized carbons (Fsp3) is 0.600. The number of nitrogens with zero attached hydrogens (tertiary/aromatic N) is 5. The van der Waals surface area contributed by atoms with Crippen molar-refractivity contribution in [2.24, 2.45) is 13.0 Å². The Balaban J connectivity index is 1.99. The van der Waals surface area contributed by atoms with E-state index in [-0.39, 0.29) is 5.56 Å². The van der Waals surface area contributed by atoms with Crippen LogP contribution in [0.25, 0.3) is 11.0 Å². The lowest BCUT2D eigenvalue weighted by Gasteiger charge is -2.08. The molecule has 1 N–H and O–H groups in total. The second-order valence-corrected chi connectivity index (χ2v) is 4.44. The van der Waals surface area contributed by atoms with E-state index >= 15 is 0 Å². The number of hydrogen-bond donors (Lipinski definition) is 1. The van der Waals surface area contributed by atoms with Crippen molar-refractivity contribution in [1.82, 2.24) is 30.1 Å². The molecule has 1 atom stereocenters. The molecule has 1 fully saturated rings. The van der Waals surface area contributed by atoms with Gasteiger partial charge in [0, 0.05) is 7.05 Å². The fourth-order valence-electron chi connectivity index (χ4n) is 2.21. The van der Waals surface area contributed by atoms with Gasteiger partial charge in [-0.05, 0) is 25.4 Å². The lowest BCUT2D eigenvalue weighted by molar-refractivity contribution is 0.422. The summed E-state index contributed by atoms with van der Waals surface area (Å²) in [7, 11) is 1.75. The molecule has 7 nitrogen and oxygen atoms in total. The minimum atomic E-state index is -0.102. The zero-order valence-corrected chi connectivity index (χ0v) is 9.63. The van der Waals surface area contributed by atoms with Crippen LogP contribution in [0.5, 0.6) is 0 Å². The van der Waals surface area contributed by atoms with Crippen LogP contribution < -0.4 is 10.9 Å². The molecule has 3 rings (SSSR count). The summed E-state index contributed by atoms with van der Waals surface area (Å²) in [4.78, 5) is 12.1. The second kappa shape index (κ2) is 3.92. The van der Waals surface area contributed by atoms with Crippen molar-refractivity contribution < 1.29 is 0 Å². The molecule has 1 aliphatic heterocycles. The van der Waals surface area contributed by atoms with Crippen LogP contribution in [-0.4, -0.2) is 37.9 Å². The summed E-state index contributed by atoms with van der Waals surface area (Å²) < 4.78 is 3.01. The molecule has 3 heterocycles. The van der Waals surface area contributed by atoms with Gasteiger partial charge in [-0.1, -0.05) is 5.21 Å². The van der Waals surface area contributed by atoms with Crippen molar-refractivity contribution in [1.29, 1.82) is 0 Å². The monoisotopic (exact) mass is 234 g/mol. The molecule has 17 heavy (non-hydrogen) atoms. The van der Waals surface area contributed by atoms with E-state index in [0.29, 0.717) is 23.5 Å². The molecule has 0 saturated carbocycles. The molecular formula is C10H14N6O. The highest BCUT2D eigenvalue weighted by Gasteiger charge is 2.17. The molecule has 2 aromatic heterocycles. The summed E-state index contributed by atoms with van der Waals surface area (Å²) in [5.74, 6) is 0.469. The topological polar surface area (TPSA) is 77.6 Å². The van der Waals surface area contributed by atoms with Crippen molar-refractivity contribution in [3.8, 4) is 0 Å². The first-order chi connectivity index (χ1) is 8.25. The molecule has 7 heteroatoms. The van der Waals surface area contributed by atoms with Gasteiger partial charge in [-0.3, -0.25) is 4.79 Å². The largest absolute Gasteiger partial charge is 0.316 e. The van der Waals surface area contributed by atoms with Crippen molar-refractivity contribution >= 4 is 11.0 Å². The first-order valence-corrected chi connectivity index (χ1v) is 5.72. The van der Waals surface area contributed by atoms with E-state index in [1.54, 1.807) is 17.9 Å². The van der Waals surface area contributed by atoms with Gasteiger partial charge in [0.15, 0.2) is 5.65 Å². The van der Waals surface area contributed by atoms with Crippen LogP contribution in [0.15, 0.2) is 11.0 Å². The van der Waals surface area contributed by atoms with E-state index in [4.69, 9.17) is 0 Å². The third kappa shape index (κ3) is 1.72. The Bertz CT molecular complexity index is 594.